The summed E-state index contributed by atoms with van der Waals surface area (Å²) in [6, 6.07) is -0.949. The Morgan fingerprint density at radius 3 is 2.22 bits per heavy atom. The van der Waals surface area contributed by atoms with E-state index in [0.717, 1.165) is 0 Å². The first-order valence-electron chi connectivity index (χ1n) is 7.26. The van der Waals surface area contributed by atoms with E-state index in [0.29, 0.717) is 0 Å². The van der Waals surface area contributed by atoms with Crippen LogP contribution >= 0.6 is 0 Å². The van der Waals surface area contributed by atoms with Gasteiger partial charge in [-0.05, 0) is 27.7 Å². The third-order valence-electron chi connectivity index (χ3n) is 3.22. The molecule has 1 rings (SSSR count). The molecule has 1 aliphatic rings. The van der Waals surface area contributed by atoms with Gasteiger partial charge in [-0.15, -0.1) is 0 Å². The monoisotopic (exact) mass is 340 g/mol. The molecule has 0 aromatic rings. The Balaban J connectivity index is 2.67. The van der Waals surface area contributed by atoms with E-state index in [1.54, 1.807) is 20.8 Å². The van der Waals surface area contributed by atoms with Gasteiger partial charge in [0.2, 0.25) is 0 Å². The highest BCUT2D eigenvalue weighted by Crippen LogP contribution is 2.29. The van der Waals surface area contributed by atoms with Crippen LogP contribution in [-0.2, 0) is 9.53 Å². The summed E-state index contributed by atoms with van der Waals surface area (Å²) in [7, 11) is 0. The van der Waals surface area contributed by atoms with Gasteiger partial charge in [0.1, 0.15) is 5.60 Å². The van der Waals surface area contributed by atoms with Gasteiger partial charge in [-0.2, -0.15) is 13.2 Å². The molecule has 1 atom stereocenters. The van der Waals surface area contributed by atoms with Gasteiger partial charge in [-0.1, -0.05) is 0 Å². The molecule has 1 fully saturated rings. The van der Waals surface area contributed by atoms with Gasteiger partial charge in [0, 0.05) is 19.1 Å². The Hall–Kier alpha value is -1.51. The molecule has 9 heteroatoms. The summed E-state index contributed by atoms with van der Waals surface area (Å²) in [6.45, 7) is 6.41. The van der Waals surface area contributed by atoms with Crippen LogP contribution in [0.25, 0.3) is 0 Å². The van der Waals surface area contributed by atoms with Crippen LogP contribution in [0.2, 0.25) is 0 Å². The highest BCUT2D eigenvalue weighted by Gasteiger charge is 2.49. The SMILES string of the molecule is CC(CC(F)(F)F)NC1(CC(=O)O)CN(C(=O)OC(C)(C)C)C1. The van der Waals surface area contributed by atoms with Crippen LogP contribution in [0, 0.1) is 0 Å². The molecule has 1 aliphatic heterocycles. The number of alkyl halides is 3. The summed E-state index contributed by atoms with van der Waals surface area (Å²) < 4.78 is 42.4. The van der Waals surface area contributed by atoms with Crippen LogP contribution in [0.3, 0.4) is 0 Å². The average molecular weight is 340 g/mol. The number of hydrogen-bond acceptors (Lipinski definition) is 4. The Morgan fingerprint density at radius 2 is 1.83 bits per heavy atom. The van der Waals surface area contributed by atoms with E-state index in [1.807, 2.05) is 0 Å². The molecule has 0 radical (unpaired) electrons. The van der Waals surface area contributed by atoms with E-state index in [9.17, 15) is 22.8 Å². The topological polar surface area (TPSA) is 78.9 Å². The number of ether oxygens (including phenoxy) is 1. The Bertz CT molecular complexity index is 454. The van der Waals surface area contributed by atoms with Gasteiger partial charge in [0.25, 0.3) is 0 Å². The normalized spacial score (nSPS) is 19.0. The fourth-order valence-electron chi connectivity index (χ4n) is 2.60. The summed E-state index contributed by atoms with van der Waals surface area (Å²) in [5.41, 5.74) is -1.76. The fourth-order valence-corrected chi connectivity index (χ4v) is 2.60. The predicted octanol–water partition coefficient (Wildman–Crippen LogP) is 2.38. The molecule has 0 aromatic carbocycles. The lowest BCUT2D eigenvalue weighted by atomic mass is 9.85. The van der Waals surface area contributed by atoms with Crippen molar-refractivity contribution in [2.24, 2.45) is 0 Å². The zero-order valence-corrected chi connectivity index (χ0v) is 13.7. The molecule has 2 N–H and O–H groups in total. The molecule has 1 saturated heterocycles. The first-order chi connectivity index (χ1) is 10.2. The minimum Gasteiger partial charge on any atom is -0.481 e. The number of nitrogens with zero attached hydrogens (tertiary/aromatic N) is 1. The van der Waals surface area contributed by atoms with Crippen molar-refractivity contribution in [1.82, 2.24) is 10.2 Å². The van der Waals surface area contributed by atoms with Crippen LogP contribution in [-0.4, -0.2) is 58.5 Å². The Labute approximate surface area is 133 Å². The number of carboxylic acids is 1. The minimum atomic E-state index is -4.34. The third kappa shape index (κ3) is 6.64. The molecular formula is C14H23F3N2O4. The zero-order chi connectivity index (χ0) is 18.1. The second-order valence-electron chi connectivity index (χ2n) is 7.05. The summed E-state index contributed by atoms with van der Waals surface area (Å²) >= 11 is 0. The lowest BCUT2D eigenvalue weighted by Crippen LogP contribution is -2.72. The number of carbonyl (C=O) groups is 2. The van der Waals surface area contributed by atoms with Crippen molar-refractivity contribution in [3.8, 4) is 0 Å². The summed E-state index contributed by atoms with van der Waals surface area (Å²) in [5, 5.41) is 11.7. The van der Waals surface area contributed by atoms with Gasteiger partial charge in [0.15, 0.2) is 0 Å². The molecule has 0 spiro atoms. The predicted molar refractivity (Wildman–Crippen MR) is 76.1 cm³/mol. The lowest BCUT2D eigenvalue weighted by Gasteiger charge is -2.51. The van der Waals surface area contributed by atoms with Crippen molar-refractivity contribution >= 4 is 12.1 Å². The number of carboxylic acid groups (broad SMARTS) is 1. The number of nitrogens with one attached hydrogen (secondary N) is 1. The molecule has 1 amide bonds. The molecule has 0 saturated carbocycles. The van der Waals surface area contributed by atoms with Crippen LogP contribution < -0.4 is 5.32 Å². The van der Waals surface area contributed by atoms with E-state index >= 15 is 0 Å². The maximum absolute atomic E-state index is 12.4. The highest BCUT2D eigenvalue weighted by molar-refractivity contribution is 5.73. The van der Waals surface area contributed by atoms with Gasteiger partial charge in [-0.25, -0.2) is 4.79 Å². The lowest BCUT2D eigenvalue weighted by molar-refractivity contribution is -0.145. The van der Waals surface area contributed by atoms with Gasteiger partial charge >= 0.3 is 18.2 Å². The van der Waals surface area contributed by atoms with Crippen molar-refractivity contribution in [2.45, 2.75) is 63.9 Å². The second-order valence-corrected chi connectivity index (χ2v) is 7.05. The van der Waals surface area contributed by atoms with Crippen molar-refractivity contribution in [3.05, 3.63) is 0 Å². The van der Waals surface area contributed by atoms with Gasteiger partial charge < -0.3 is 20.1 Å². The molecule has 0 aromatic heterocycles. The van der Waals surface area contributed by atoms with E-state index in [2.05, 4.69) is 5.32 Å². The van der Waals surface area contributed by atoms with Crippen LogP contribution in [0.15, 0.2) is 0 Å². The van der Waals surface area contributed by atoms with Gasteiger partial charge in [0.05, 0.1) is 18.4 Å². The van der Waals surface area contributed by atoms with E-state index in [4.69, 9.17) is 9.84 Å². The molecule has 1 unspecified atom stereocenters. The molecule has 1 heterocycles. The molecule has 0 aliphatic carbocycles. The number of halogens is 3. The molecule has 23 heavy (non-hydrogen) atoms. The second kappa shape index (κ2) is 6.54. The van der Waals surface area contributed by atoms with E-state index in [-0.39, 0.29) is 19.5 Å². The standard InChI is InChI=1S/C14H23F3N2O4/c1-9(5-14(15,16)17)18-13(6-10(20)21)7-19(8-13)11(22)23-12(2,3)4/h9,18H,5-8H2,1-4H3,(H,20,21). The maximum Gasteiger partial charge on any atom is 0.410 e. The largest absolute Gasteiger partial charge is 0.481 e. The quantitative estimate of drug-likeness (QED) is 0.803. The summed E-state index contributed by atoms with van der Waals surface area (Å²) in [4.78, 5) is 24.1. The summed E-state index contributed by atoms with van der Waals surface area (Å²) in [6.07, 6.45) is -6.38. The van der Waals surface area contributed by atoms with Crippen LogP contribution in [0.4, 0.5) is 18.0 Å². The molecule has 6 nitrogen and oxygen atoms in total. The molecule has 134 valence electrons. The minimum absolute atomic E-state index is 0.00356. The smallest absolute Gasteiger partial charge is 0.410 e. The van der Waals surface area contributed by atoms with Crippen molar-refractivity contribution in [1.29, 1.82) is 0 Å². The van der Waals surface area contributed by atoms with E-state index in [1.165, 1.54) is 11.8 Å². The fraction of sp³-hybridized carbons (Fsp3) is 0.857. The Morgan fingerprint density at radius 1 is 1.30 bits per heavy atom. The first-order valence-corrected chi connectivity index (χ1v) is 7.26. The highest BCUT2D eigenvalue weighted by atomic mass is 19.4. The molecule has 0 bridgehead atoms. The Kier molecular flexibility index (Phi) is 5.56. The average Bonchev–Trinajstić information content (AvgIpc) is 2.18. The van der Waals surface area contributed by atoms with Crippen LogP contribution in [0.1, 0.15) is 40.5 Å². The maximum atomic E-state index is 12.4. The number of aliphatic carboxylic acids is 1. The first kappa shape index (κ1) is 19.5. The number of hydrogen-bond donors (Lipinski definition) is 2. The molecular weight excluding hydrogens is 317 g/mol. The van der Waals surface area contributed by atoms with Crippen LogP contribution in [0.5, 0.6) is 0 Å². The number of carbonyl (C=O) groups excluding carboxylic acids is 1. The number of likely N-dealkylation sites (tertiary alicyclic amines) is 1. The number of amides is 1. The third-order valence-corrected chi connectivity index (χ3v) is 3.22. The van der Waals surface area contributed by atoms with Crippen molar-refractivity contribution < 1.29 is 32.6 Å². The van der Waals surface area contributed by atoms with E-state index < -0.39 is 41.8 Å². The van der Waals surface area contributed by atoms with Crippen molar-refractivity contribution in [2.75, 3.05) is 13.1 Å². The zero-order valence-electron chi connectivity index (χ0n) is 13.7. The van der Waals surface area contributed by atoms with Crippen molar-refractivity contribution in [3.63, 3.8) is 0 Å². The number of rotatable bonds is 5. The van der Waals surface area contributed by atoms with Gasteiger partial charge in [-0.3, -0.25) is 4.79 Å². The summed E-state index contributed by atoms with van der Waals surface area (Å²) in [5.74, 6) is -1.14.